The van der Waals surface area contributed by atoms with Crippen LogP contribution in [0, 0.1) is 0 Å². The number of nitrogens with one attached hydrogen (secondary N) is 2. The highest BCUT2D eigenvalue weighted by molar-refractivity contribution is 6.02. The number of hydrogen-bond donors (Lipinski definition) is 3. The molecule has 0 radical (unpaired) electrons. The van der Waals surface area contributed by atoms with Crippen LogP contribution in [-0.2, 0) is 16.0 Å². The van der Waals surface area contributed by atoms with Gasteiger partial charge in [-0.1, -0.05) is 54.6 Å². The van der Waals surface area contributed by atoms with Gasteiger partial charge in [0.15, 0.2) is 5.78 Å². The number of amides is 1. The molecule has 4 aromatic rings. The molecule has 2 aromatic heterocycles. The number of aliphatic hydroxyl groups excluding tert-OH is 1. The Morgan fingerprint density at radius 1 is 1.11 bits per heavy atom. The molecule has 2 heterocycles. The Kier molecular flexibility index (Phi) is 6.19. The number of aliphatic hydroxyl groups is 1. The minimum Gasteiger partial charge on any atom is -0.511 e. The number of carbonyl (C=O) groups is 2. The molecular weight excluding hydrogens is 438 g/mol. The molecule has 0 aliphatic heterocycles. The number of rotatable bonds is 7. The third-order valence-electron chi connectivity index (χ3n) is 6.69. The molecule has 2 unspecified atom stereocenters. The number of hydrogen-bond acceptors (Lipinski definition) is 4. The maximum atomic E-state index is 13.5. The topological polar surface area (TPSA) is 95.1 Å². The lowest BCUT2D eigenvalue weighted by Gasteiger charge is -2.20. The van der Waals surface area contributed by atoms with Crippen molar-refractivity contribution >= 4 is 22.6 Å². The van der Waals surface area contributed by atoms with Gasteiger partial charge in [-0.25, -0.2) is 0 Å². The number of pyridine rings is 1. The second kappa shape index (κ2) is 9.58. The van der Waals surface area contributed by atoms with Crippen LogP contribution in [0.25, 0.3) is 10.9 Å². The van der Waals surface area contributed by atoms with Crippen molar-refractivity contribution in [1.82, 2.24) is 15.3 Å². The zero-order valence-electron chi connectivity index (χ0n) is 19.5. The summed E-state index contributed by atoms with van der Waals surface area (Å²) in [5.41, 5.74) is 4.94. The predicted molar refractivity (Wildman–Crippen MR) is 135 cm³/mol. The number of allylic oxidation sites excluding steroid dienone is 2. The number of carbonyl (C=O) groups excluding carboxylic acids is 2. The van der Waals surface area contributed by atoms with E-state index in [1.165, 1.54) is 6.92 Å². The summed E-state index contributed by atoms with van der Waals surface area (Å²) in [7, 11) is 0. The minimum atomic E-state index is -0.510. The van der Waals surface area contributed by atoms with E-state index in [4.69, 9.17) is 0 Å². The fourth-order valence-corrected chi connectivity index (χ4v) is 5.12. The highest BCUT2D eigenvalue weighted by Gasteiger charge is 2.40. The van der Waals surface area contributed by atoms with Crippen molar-refractivity contribution in [2.45, 2.75) is 31.6 Å². The van der Waals surface area contributed by atoms with Crippen LogP contribution < -0.4 is 5.32 Å². The first-order valence-corrected chi connectivity index (χ1v) is 11.8. The van der Waals surface area contributed by atoms with Crippen LogP contribution in [0.15, 0.2) is 90.5 Å². The van der Waals surface area contributed by atoms with Gasteiger partial charge >= 0.3 is 0 Å². The molecule has 0 spiro atoms. The molecule has 1 amide bonds. The van der Waals surface area contributed by atoms with Crippen molar-refractivity contribution in [2.75, 3.05) is 6.54 Å². The van der Waals surface area contributed by atoms with Gasteiger partial charge in [0, 0.05) is 60.4 Å². The van der Waals surface area contributed by atoms with Crippen LogP contribution in [-0.4, -0.2) is 33.3 Å². The third-order valence-corrected chi connectivity index (χ3v) is 6.69. The molecule has 0 fully saturated rings. The van der Waals surface area contributed by atoms with E-state index >= 15 is 0 Å². The van der Waals surface area contributed by atoms with Gasteiger partial charge in [0.25, 0.3) is 0 Å². The van der Waals surface area contributed by atoms with Gasteiger partial charge in [-0.3, -0.25) is 14.6 Å². The highest BCUT2D eigenvalue weighted by Crippen LogP contribution is 2.45. The Bertz CT molecular complexity index is 1410. The lowest BCUT2D eigenvalue weighted by molar-refractivity contribution is -0.119. The van der Waals surface area contributed by atoms with Crippen LogP contribution in [0.3, 0.4) is 0 Å². The van der Waals surface area contributed by atoms with Crippen molar-refractivity contribution in [3.05, 3.63) is 113 Å². The fraction of sp³-hybridized carbons (Fsp3) is 0.207. The zero-order chi connectivity index (χ0) is 24.4. The van der Waals surface area contributed by atoms with E-state index in [9.17, 15) is 14.7 Å². The molecule has 0 saturated heterocycles. The predicted octanol–water partition coefficient (Wildman–Crippen LogP) is 4.94. The Balaban J connectivity index is 1.69. The fourth-order valence-electron chi connectivity index (χ4n) is 5.12. The van der Waals surface area contributed by atoms with Crippen LogP contribution in [0.4, 0.5) is 0 Å². The molecule has 6 heteroatoms. The van der Waals surface area contributed by atoms with E-state index in [0.717, 1.165) is 33.3 Å². The quantitative estimate of drug-likeness (QED) is 0.360. The van der Waals surface area contributed by atoms with Crippen molar-refractivity contribution in [2.24, 2.45) is 0 Å². The van der Waals surface area contributed by atoms with E-state index < -0.39 is 5.92 Å². The number of Topliss-reactive ketones (excluding diaryl/α,β-unsaturated/α-hetero) is 1. The van der Waals surface area contributed by atoms with E-state index in [1.54, 1.807) is 12.4 Å². The summed E-state index contributed by atoms with van der Waals surface area (Å²) in [6, 6.07) is 21.4. The maximum Gasteiger partial charge on any atom is 0.216 e. The van der Waals surface area contributed by atoms with Gasteiger partial charge in [0.2, 0.25) is 5.91 Å². The van der Waals surface area contributed by atoms with Gasteiger partial charge in [0.1, 0.15) is 5.76 Å². The Morgan fingerprint density at radius 2 is 1.89 bits per heavy atom. The summed E-state index contributed by atoms with van der Waals surface area (Å²) in [6.45, 7) is 1.97. The molecule has 5 rings (SSSR count). The monoisotopic (exact) mass is 465 g/mol. The Labute approximate surface area is 203 Å². The van der Waals surface area contributed by atoms with Crippen molar-refractivity contribution in [1.29, 1.82) is 0 Å². The molecular formula is C29H27N3O3. The Hall–Kier alpha value is -4.19. The van der Waals surface area contributed by atoms with Crippen LogP contribution >= 0.6 is 0 Å². The first-order valence-electron chi connectivity index (χ1n) is 11.8. The molecule has 2 aromatic carbocycles. The number of para-hydroxylation sites is 1. The summed E-state index contributed by atoms with van der Waals surface area (Å²) in [4.78, 5) is 32.9. The molecule has 35 heavy (non-hydrogen) atoms. The molecule has 2 atom stereocenters. The normalized spacial score (nSPS) is 16.6. The molecule has 0 bridgehead atoms. The first-order chi connectivity index (χ1) is 17.0. The summed E-state index contributed by atoms with van der Waals surface area (Å²) < 4.78 is 0. The maximum absolute atomic E-state index is 13.5. The molecule has 1 aliphatic rings. The Morgan fingerprint density at radius 3 is 2.63 bits per heavy atom. The summed E-state index contributed by atoms with van der Waals surface area (Å²) in [6.07, 6.45) is 4.25. The smallest absolute Gasteiger partial charge is 0.216 e. The second-order valence-corrected chi connectivity index (χ2v) is 8.90. The van der Waals surface area contributed by atoms with Crippen LogP contribution in [0.1, 0.15) is 47.6 Å². The number of benzene rings is 2. The SMILES string of the molecule is CC(=O)NCCc1c(C(C2=C(O)C(c3ccccc3)CC2=O)c2cccnc2)[nH]c2ccccc12. The number of fused-ring (bicyclic) bond motifs is 1. The van der Waals surface area contributed by atoms with Crippen molar-refractivity contribution < 1.29 is 14.7 Å². The van der Waals surface area contributed by atoms with Gasteiger partial charge in [-0.05, 0) is 35.2 Å². The molecule has 6 nitrogen and oxygen atoms in total. The first kappa shape index (κ1) is 22.6. The number of ketones is 1. The van der Waals surface area contributed by atoms with Gasteiger partial charge in [-0.15, -0.1) is 0 Å². The number of aromatic amines is 1. The van der Waals surface area contributed by atoms with Crippen molar-refractivity contribution in [3.63, 3.8) is 0 Å². The zero-order valence-corrected chi connectivity index (χ0v) is 19.5. The molecule has 176 valence electrons. The molecule has 0 saturated carbocycles. The molecule has 1 aliphatic carbocycles. The van der Waals surface area contributed by atoms with Gasteiger partial charge < -0.3 is 15.4 Å². The van der Waals surface area contributed by atoms with E-state index in [-0.39, 0.29) is 29.8 Å². The largest absolute Gasteiger partial charge is 0.511 e. The average Bonchev–Trinajstić information content (AvgIpc) is 3.38. The van der Waals surface area contributed by atoms with Crippen molar-refractivity contribution in [3.8, 4) is 0 Å². The number of aromatic nitrogens is 2. The summed E-state index contributed by atoms with van der Waals surface area (Å²) >= 11 is 0. The average molecular weight is 466 g/mol. The lowest BCUT2D eigenvalue weighted by Crippen LogP contribution is -2.23. The third kappa shape index (κ3) is 4.35. The van der Waals surface area contributed by atoms with E-state index in [2.05, 4.69) is 15.3 Å². The second-order valence-electron chi connectivity index (χ2n) is 8.90. The number of H-pyrrole nitrogens is 1. The summed E-state index contributed by atoms with van der Waals surface area (Å²) in [5.74, 6) is -0.930. The van der Waals surface area contributed by atoms with Gasteiger partial charge in [0.05, 0.1) is 5.92 Å². The standard InChI is InChI=1S/C29H27N3O3/c1-18(33)31-15-13-22-21-11-5-6-12-24(21)32-28(22)26(20-10-7-14-30-17-20)27-25(34)16-23(29(27)35)19-8-3-2-4-9-19/h2-12,14,17,23,26,32,35H,13,15-16H2,1H3,(H,31,33). The lowest BCUT2D eigenvalue weighted by atomic mass is 9.85. The van der Waals surface area contributed by atoms with Crippen LogP contribution in [0.5, 0.6) is 0 Å². The van der Waals surface area contributed by atoms with E-state index in [0.29, 0.717) is 18.5 Å². The highest BCUT2D eigenvalue weighted by atomic mass is 16.3. The van der Waals surface area contributed by atoms with E-state index in [1.807, 2.05) is 66.7 Å². The van der Waals surface area contributed by atoms with Gasteiger partial charge in [-0.2, -0.15) is 0 Å². The molecule has 3 N–H and O–H groups in total. The minimum absolute atomic E-state index is 0.0725. The number of nitrogens with zero attached hydrogens (tertiary/aromatic N) is 1. The summed E-state index contributed by atoms with van der Waals surface area (Å²) in [5, 5.41) is 15.4. The van der Waals surface area contributed by atoms with Crippen LogP contribution in [0.2, 0.25) is 0 Å².